The van der Waals surface area contributed by atoms with Crippen LogP contribution in [0.3, 0.4) is 0 Å². The lowest BCUT2D eigenvalue weighted by atomic mass is 10.0. The zero-order chi connectivity index (χ0) is 17.2. The molecule has 0 aliphatic carbocycles. The van der Waals surface area contributed by atoms with Crippen LogP contribution in [0.2, 0.25) is 5.02 Å². The van der Waals surface area contributed by atoms with Crippen molar-refractivity contribution in [3.63, 3.8) is 0 Å². The number of aliphatic hydroxyl groups is 2. The molecule has 4 nitrogen and oxygen atoms in total. The van der Waals surface area contributed by atoms with Gasteiger partial charge in [-0.25, -0.2) is 0 Å². The molecule has 2 aromatic carbocycles. The number of nitrogens with zero attached hydrogens (tertiary/aromatic N) is 1. The maximum atomic E-state index is 8.98. The zero-order valence-electron chi connectivity index (χ0n) is 13.8. The molecule has 0 saturated heterocycles. The maximum Gasteiger partial charge on any atom is 0.0558 e. The Labute approximate surface area is 148 Å². The van der Waals surface area contributed by atoms with Gasteiger partial charge in [-0.05, 0) is 28.8 Å². The Morgan fingerprint density at radius 1 is 0.792 bits per heavy atom. The predicted octanol–water partition coefficient (Wildman–Crippen LogP) is 2.38. The Balaban J connectivity index is 1.78. The third kappa shape index (κ3) is 6.23. The van der Waals surface area contributed by atoms with Gasteiger partial charge in [-0.2, -0.15) is 0 Å². The summed E-state index contributed by atoms with van der Waals surface area (Å²) in [5.41, 5.74) is 3.55. The Hall–Kier alpha value is -1.43. The summed E-state index contributed by atoms with van der Waals surface area (Å²) in [5, 5.41) is 22.1. The Bertz CT molecular complexity index is 581. The van der Waals surface area contributed by atoms with Gasteiger partial charge in [-0.1, -0.05) is 48.0 Å². The van der Waals surface area contributed by atoms with Gasteiger partial charge < -0.3 is 15.5 Å². The smallest absolute Gasteiger partial charge is 0.0558 e. The average molecular weight is 349 g/mol. The fraction of sp³-hybridized carbons (Fsp3) is 0.368. The van der Waals surface area contributed by atoms with Crippen LogP contribution in [0.15, 0.2) is 48.5 Å². The van der Waals surface area contributed by atoms with Crippen LogP contribution >= 0.6 is 11.6 Å². The van der Waals surface area contributed by atoms with Crippen molar-refractivity contribution in [2.24, 2.45) is 0 Å². The van der Waals surface area contributed by atoms with E-state index in [9.17, 15) is 0 Å². The molecule has 0 aliphatic rings. The Kier molecular flexibility index (Phi) is 8.22. The first-order valence-electron chi connectivity index (χ1n) is 8.22. The summed E-state index contributed by atoms with van der Waals surface area (Å²) >= 11 is 5.92. The molecule has 130 valence electrons. The molecule has 0 saturated carbocycles. The quantitative estimate of drug-likeness (QED) is 0.577. The van der Waals surface area contributed by atoms with Gasteiger partial charge in [0, 0.05) is 37.7 Å². The van der Waals surface area contributed by atoms with Gasteiger partial charge >= 0.3 is 0 Å². The Morgan fingerprint density at radius 2 is 1.33 bits per heavy atom. The van der Waals surface area contributed by atoms with Crippen molar-refractivity contribution in [3.8, 4) is 11.1 Å². The molecule has 5 heteroatoms. The fourth-order valence-electron chi connectivity index (χ4n) is 2.55. The third-order valence-corrected chi connectivity index (χ3v) is 4.15. The number of rotatable bonds is 10. The summed E-state index contributed by atoms with van der Waals surface area (Å²) in [7, 11) is 0. The molecule has 24 heavy (non-hydrogen) atoms. The van der Waals surface area contributed by atoms with Crippen LogP contribution in [-0.2, 0) is 6.54 Å². The minimum absolute atomic E-state index is 0.117. The largest absolute Gasteiger partial charge is 0.395 e. The summed E-state index contributed by atoms with van der Waals surface area (Å²) in [6.45, 7) is 3.85. The van der Waals surface area contributed by atoms with E-state index in [0.717, 1.165) is 30.2 Å². The van der Waals surface area contributed by atoms with E-state index in [2.05, 4.69) is 29.6 Å². The highest BCUT2D eigenvalue weighted by atomic mass is 35.5. The van der Waals surface area contributed by atoms with Crippen LogP contribution in [0.4, 0.5) is 0 Å². The second-order valence-electron chi connectivity index (χ2n) is 5.67. The molecule has 0 amide bonds. The molecule has 0 bridgehead atoms. The second-order valence-corrected chi connectivity index (χ2v) is 6.11. The highest BCUT2D eigenvalue weighted by Crippen LogP contribution is 2.21. The summed E-state index contributed by atoms with van der Waals surface area (Å²) in [4.78, 5) is 2.04. The number of hydrogen-bond donors (Lipinski definition) is 3. The number of halogens is 1. The van der Waals surface area contributed by atoms with Gasteiger partial charge in [0.2, 0.25) is 0 Å². The summed E-state index contributed by atoms with van der Waals surface area (Å²) in [6.07, 6.45) is 0. The molecule has 0 aliphatic heterocycles. The van der Waals surface area contributed by atoms with E-state index in [4.69, 9.17) is 21.8 Å². The van der Waals surface area contributed by atoms with Crippen molar-refractivity contribution in [2.45, 2.75) is 6.54 Å². The number of hydrogen-bond acceptors (Lipinski definition) is 4. The van der Waals surface area contributed by atoms with Gasteiger partial charge in [-0.3, -0.25) is 4.90 Å². The molecular formula is C19H25ClN2O2. The molecule has 0 spiro atoms. The first kappa shape index (κ1) is 18.9. The van der Waals surface area contributed by atoms with E-state index in [1.165, 1.54) is 11.1 Å². The fourth-order valence-corrected chi connectivity index (χ4v) is 2.67. The molecule has 0 fully saturated rings. The highest BCUT2D eigenvalue weighted by molar-refractivity contribution is 6.30. The van der Waals surface area contributed by atoms with Crippen molar-refractivity contribution in [2.75, 3.05) is 39.4 Å². The van der Waals surface area contributed by atoms with E-state index < -0.39 is 0 Å². The highest BCUT2D eigenvalue weighted by Gasteiger charge is 2.03. The zero-order valence-corrected chi connectivity index (χ0v) is 14.5. The molecule has 2 rings (SSSR count). The third-order valence-electron chi connectivity index (χ3n) is 3.90. The first-order chi connectivity index (χ1) is 11.7. The number of benzene rings is 2. The molecule has 0 radical (unpaired) electrons. The van der Waals surface area contributed by atoms with Crippen LogP contribution in [-0.4, -0.2) is 54.5 Å². The molecular weight excluding hydrogens is 324 g/mol. The van der Waals surface area contributed by atoms with Crippen molar-refractivity contribution in [3.05, 3.63) is 59.1 Å². The standard InChI is InChI=1S/C19H25ClN2O2/c20-19-7-5-18(6-8-19)17-3-1-16(2-4-17)15-21-9-10-22(11-13-23)12-14-24/h1-8,21,23-24H,9-15H2. The average Bonchev–Trinajstić information content (AvgIpc) is 2.60. The normalized spacial score (nSPS) is 11.2. The minimum atomic E-state index is 0.117. The van der Waals surface area contributed by atoms with Crippen LogP contribution in [0.5, 0.6) is 0 Å². The van der Waals surface area contributed by atoms with Gasteiger partial charge in [0.25, 0.3) is 0 Å². The number of nitrogens with one attached hydrogen (secondary N) is 1. The lowest BCUT2D eigenvalue weighted by Gasteiger charge is -2.20. The van der Waals surface area contributed by atoms with Crippen molar-refractivity contribution in [1.82, 2.24) is 10.2 Å². The van der Waals surface area contributed by atoms with Crippen molar-refractivity contribution < 1.29 is 10.2 Å². The Morgan fingerprint density at radius 3 is 1.88 bits per heavy atom. The molecule has 3 N–H and O–H groups in total. The molecule has 0 atom stereocenters. The summed E-state index contributed by atoms with van der Waals surface area (Å²) in [5.74, 6) is 0. The summed E-state index contributed by atoms with van der Waals surface area (Å²) in [6, 6.07) is 16.3. The maximum absolute atomic E-state index is 8.98. The molecule has 0 heterocycles. The van der Waals surface area contributed by atoms with Gasteiger partial charge in [0.05, 0.1) is 13.2 Å². The lowest BCUT2D eigenvalue weighted by Crippen LogP contribution is -2.35. The van der Waals surface area contributed by atoms with Crippen LogP contribution in [0, 0.1) is 0 Å². The van der Waals surface area contributed by atoms with E-state index in [1.807, 2.05) is 29.2 Å². The first-order valence-corrected chi connectivity index (χ1v) is 8.60. The van der Waals surface area contributed by atoms with Crippen LogP contribution < -0.4 is 5.32 Å². The molecule has 0 unspecified atom stereocenters. The number of aliphatic hydroxyl groups excluding tert-OH is 2. The van der Waals surface area contributed by atoms with E-state index >= 15 is 0 Å². The monoisotopic (exact) mass is 348 g/mol. The van der Waals surface area contributed by atoms with Crippen molar-refractivity contribution in [1.29, 1.82) is 0 Å². The SMILES string of the molecule is OCCN(CCO)CCNCc1ccc(-c2ccc(Cl)cc2)cc1. The van der Waals surface area contributed by atoms with Crippen molar-refractivity contribution >= 4 is 11.6 Å². The van der Waals surface area contributed by atoms with E-state index in [0.29, 0.717) is 13.1 Å². The summed E-state index contributed by atoms with van der Waals surface area (Å²) < 4.78 is 0. The van der Waals surface area contributed by atoms with Gasteiger partial charge in [0.15, 0.2) is 0 Å². The van der Waals surface area contributed by atoms with Crippen LogP contribution in [0.1, 0.15) is 5.56 Å². The van der Waals surface area contributed by atoms with E-state index in [-0.39, 0.29) is 13.2 Å². The van der Waals surface area contributed by atoms with Gasteiger partial charge in [-0.15, -0.1) is 0 Å². The predicted molar refractivity (Wildman–Crippen MR) is 99.2 cm³/mol. The second kappa shape index (κ2) is 10.4. The molecule has 2 aromatic rings. The minimum Gasteiger partial charge on any atom is -0.395 e. The topological polar surface area (TPSA) is 55.7 Å². The van der Waals surface area contributed by atoms with E-state index in [1.54, 1.807) is 0 Å². The molecule has 0 aromatic heterocycles. The van der Waals surface area contributed by atoms with Crippen LogP contribution in [0.25, 0.3) is 11.1 Å². The lowest BCUT2D eigenvalue weighted by molar-refractivity contribution is 0.161. The van der Waals surface area contributed by atoms with Gasteiger partial charge in [0.1, 0.15) is 0 Å².